The number of rotatable bonds is 3. The summed E-state index contributed by atoms with van der Waals surface area (Å²) in [4.78, 5) is 0. The molecule has 4 nitrogen and oxygen atoms in total. The molecule has 1 aromatic heterocycles. The smallest absolute Gasteiger partial charge is 0.151 e. The Balaban J connectivity index is 2.42. The molecule has 6 heteroatoms. The van der Waals surface area contributed by atoms with Crippen LogP contribution in [0.3, 0.4) is 0 Å². The van der Waals surface area contributed by atoms with E-state index in [0.29, 0.717) is 12.2 Å². The number of nitrogens with zero attached hydrogens (tertiary/aromatic N) is 3. The maximum absolute atomic E-state index is 13.4. The molecule has 0 fully saturated rings. The first kappa shape index (κ1) is 10.7. The normalized spacial score (nSPS) is 10.7. The Bertz CT molecular complexity index is 475. The summed E-state index contributed by atoms with van der Waals surface area (Å²) >= 11 is 0. The minimum absolute atomic E-state index is 0.211. The van der Waals surface area contributed by atoms with E-state index in [1.54, 1.807) is 7.05 Å². The SMILES string of the molecule is CNCc1cn(-c2c(F)cccc2F)nn1. The Labute approximate surface area is 90.9 Å². The Morgan fingerprint density at radius 3 is 2.62 bits per heavy atom. The van der Waals surface area contributed by atoms with Gasteiger partial charge in [-0.05, 0) is 19.2 Å². The van der Waals surface area contributed by atoms with E-state index in [9.17, 15) is 8.78 Å². The van der Waals surface area contributed by atoms with E-state index in [0.717, 1.165) is 4.68 Å². The first-order chi connectivity index (χ1) is 7.72. The van der Waals surface area contributed by atoms with Crippen molar-refractivity contribution in [2.24, 2.45) is 0 Å². The van der Waals surface area contributed by atoms with Gasteiger partial charge in [0.25, 0.3) is 0 Å². The number of nitrogens with one attached hydrogen (secondary N) is 1. The highest BCUT2D eigenvalue weighted by Gasteiger charge is 2.12. The van der Waals surface area contributed by atoms with Gasteiger partial charge >= 0.3 is 0 Å². The number of halogens is 2. The van der Waals surface area contributed by atoms with Crippen molar-refractivity contribution in [3.05, 3.63) is 41.7 Å². The van der Waals surface area contributed by atoms with Crippen LogP contribution in [0.4, 0.5) is 8.78 Å². The van der Waals surface area contributed by atoms with Crippen molar-refractivity contribution < 1.29 is 8.78 Å². The molecular weight excluding hydrogens is 214 g/mol. The number of aromatic nitrogens is 3. The number of benzene rings is 1. The van der Waals surface area contributed by atoms with Crippen molar-refractivity contribution in [1.82, 2.24) is 20.3 Å². The third-order valence-electron chi connectivity index (χ3n) is 2.07. The maximum Gasteiger partial charge on any atom is 0.151 e. The fourth-order valence-corrected chi connectivity index (χ4v) is 1.38. The topological polar surface area (TPSA) is 42.7 Å². The second-order valence-electron chi connectivity index (χ2n) is 3.26. The van der Waals surface area contributed by atoms with E-state index in [1.807, 2.05) is 0 Å². The van der Waals surface area contributed by atoms with E-state index in [2.05, 4.69) is 15.6 Å². The molecule has 0 spiro atoms. The van der Waals surface area contributed by atoms with Crippen LogP contribution in [-0.4, -0.2) is 22.0 Å². The number of hydrogen-bond acceptors (Lipinski definition) is 3. The maximum atomic E-state index is 13.4. The lowest BCUT2D eigenvalue weighted by atomic mass is 10.3. The van der Waals surface area contributed by atoms with Crippen LogP contribution in [0.25, 0.3) is 5.69 Å². The van der Waals surface area contributed by atoms with Crippen molar-refractivity contribution in [1.29, 1.82) is 0 Å². The summed E-state index contributed by atoms with van der Waals surface area (Å²) in [6, 6.07) is 3.66. The zero-order valence-corrected chi connectivity index (χ0v) is 8.61. The van der Waals surface area contributed by atoms with Gasteiger partial charge in [0.05, 0.1) is 11.9 Å². The molecule has 0 amide bonds. The van der Waals surface area contributed by atoms with E-state index in [-0.39, 0.29) is 5.69 Å². The van der Waals surface area contributed by atoms with Crippen LogP contribution in [0, 0.1) is 11.6 Å². The molecule has 0 aliphatic rings. The van der Waals surface area contributed by atoms with Crippen LogP contribution in [0.1, 0.15) is 5.69 Å². The highest BCUT2D eigenvalue weighted by molar-refractivity contribution is 5.34. The zero-order chi connectivity index (χ0) is 11.5. The van der Waals surface area contributed by atoms with Crippen LogP contribution >= 0.6 is 0 Å². The summed E-state index contributed by atoms with van der Waals surface area (Å²) in [5.41, 5.74) is 0.405. The summed E-state index contributed by atoms with van der Waals surface area (Å²) < 4.78 is 27.9. The zero-order valence-electron chi connectivity index (χ0n) is 8.61. The monoisotopic (exact) mass is 224 g/mol. The minimum Gasteiger partial charge on any atom is -0.314 e. The second kappa shape index (κ2) is 4.36. The van der Waals surface area contributed by atoms with Crippen molar-refractivity contribution in [2.75, 3.05) is 7.05 Å². The summed E-state index contributed by atoms with van der Waals surface area (Å²) in [5.74, 6) is -1.33. The van der Waals surface area contributed by atoms with Crippen molar-refractivity contribution in [3.8, 4) is 5.69 Å². The summed E-state index contributed by atoms with van der Waals surface area (Å²) in [6.07, 6.45) is 1.48. The van der Waals surface area contributed by atoms with E-state index in [1.165, 1.54) is 24.4 Å². The highest BCUT2D eigenvalue weighted by Crippen LogP contribution is 2.16. The van der Waals surface area contributed by atoms with Crippen LogP contribution in [-0.2, 0) is 6.54 Å². The van der Waals surface area contributed by atoms with Gasteiger partial charge in [0.15, 0.2) is 11.6 Å². The largest absolute Gasteiger partial charge is 0.314 e. The Hall–Kier alpha value is -1.82. The summed E-state index contributed by atoms with van der Waals surface area (Å²) in [6.45, 7) is 0.496. The van der Waals surface area contributed by atoms with Gasteiger partial charge in [-0.2, -0.15) is 0 Å². The van der Waals surface area contributed by atoms with Crippen molar-refractivity contribution >= 4 is 0 Å². The van der Waals surface area contributed by atoms with E-state index in [4.69, 9.17) is 0 Å². The fraction of sp³-hybridized carbons (Fsp3) is 0.200. The molecule has 16 heavy (non-hydrogen) atoms. The lowest BCUT2D eigenvalue weighted by Crippen LogP contribution is -2.05. The van der Waals surface area contributed by atoms with Crippen LogP contribution in [0.5, 0.6) is 0 Å². The molecule has 1 aromatic carbocycles. The van der Waals surface area contributed by atoms with Gasteiger partial charge in [-0.3, -0.25) is 0 Å². The molecule has 2 rings (SSSR count). The molecule has 1 N–H and O–H groups in total. The van der Waals surface area contributed by atoms with Gasteiger partial charge < -0.3 is 5.32 Å². The summed E-state index contributed by atoms with van der Waals surface area (Å²) in [7, 11) is 1.75. The highest BCUT2D eigenvalue weighted by atomic mass is 19.1. The first-order valence-electron chi connectivity index (χ1n) is 4.72. The van der Waals surface area contributed by atoms with Gasteiger partial charge in [0.2, 0.25) is 0 Å². The molecular formula is C10H10F2N4. The van der Waals surface area contributed by atoms with Crippen LogP contribution in [0.2, 0.25) is 0 Å². The Kier molecular flexibility index (Phi) is 2.91. The number of hydrogen-bond donors (Lipinski definition) is 1. The van der Waals surface area contributed by atoms with Gasteiger partial charge in [0.1, 0.15) is 5.69 Å². The average molecular weight is 224 g/mol. The first-order valence-corrected chi connectivity index (χ1v) is 4.72. The Morgan fingerprint density at radius 2 is 2.00 bits per heavy atom. The van der Waals surface area contributed by atoms with Gasteiger partial charge in [-0.1, -0.05) is 11.3 Å². The van der Waals surface area contributed by atoms with Crippen molar-refractivity contribution in [3.63, 3.8) is 0 Å². The molecule has 1 heterocycles. The lowest BCUT2D eigenvalue weighted by Gasteiger charge is -2.02. The quantitative estimate of drug-likeness (QED) is 0.853. The second-order valence-corrected chi connectivity index (χ2v) is 3.26. The molecule has 0 saturated carbocycles. The predicted molar refractivity (Wildman–Crippen MR) is 54.0 cm³/mol. The molecule has 0 aliphatic carbocycles. The molecule has 0 aliphatic heterocycles. The van der Waals surface area contributed by atoms with Crippen LogP contribution in [0.15, 0.2) is 24.4 Å². The molecule has 2 aromatic rings. The third kappa shape index (κ3) is 1.92. The molecule has 84 valence electrons. The predicted octanol–water partition coefficient (Wildman–Crippen LogP) is 1.26. The molecule has 0 unspecified atom stereocenters. The van der Waals surface area contributed by atoms with Crippen LogP contribution < -0.4 is 5.32 Å². The number of para-hydroxylation sites is 1. The molecule has 0 atom stereocenters. The molecule has 0 bridgehead atoms. The van der Waals surface area contributed by atoms with Gasteiger partial charge in [-0.15, -0.1) is 5.10 Å². The van der Waals surface area contributed by atoms with Gasteiger partial charge in [-0.25, -0.2) is 13.5 Å². The van der Waals surface area contributed by atoms with Gasteiger partial charge in [0, 0.05) is 6.54 Å². The standard InChI is InChI=1S/C10H10F2N4/c1-13-5-7-6-16(15-14-7)10-8(11)3-2-4-9(10)12/h2-4,6,13H,5H2,1H3. The molecule has 0 radical (unpaired) electrons. The minimum atomic E-state index is -0.666. The van der Waals surface area contributed by atoms with E-state index >= 15 is 0 Å². The third-order valence-corrected chi connectivity index (χ3v) is 2.07. The Morgan fingerprint density at radius 1 is 1.31 bits per heavy atom. The van der Waals surface area contributed by atoms with Crippen molar-refractivity contribution in [2.45, 2.75) is 6.54 Å². The lowest BCUT2D eigenvalue weighted by molar-refractivity contribution is 0.556. The fourth-order valence-electron chi connectivity index (χ4n) is 1.38. The summed E-state index contributed by atoms with van der Waals surface area (Å²) in [5, 5.41) is 10.3. The van der Waals surface area contributed by atoms with E-state index < -0.39 is 11.6 Å². The molecule has 0 saturated heterocycles. The average Bonchev–Trinajstić information content (AvgIpc) is 2.67.